The van der Waals surface area contributed by atoms with Gasteiger partial charge in [0.2, 0.25) is 5.91 Å². The highest BCUT2D eigenvalue weighted by Gasteiger charge is 2.39. The maximum absolute atomic E-state index is 13.5. The number of nitrogens with one attached hydrogen (secondary N) is 1. The number of carbonyl (C=O) groups excluding carboxylic acids is 1. The van der Waals surface area contributed by atoms with Crippen LogP contribution in [0.25, 0.3) is 10.9 Å². The minimum Gasteiger partial charge on any atom is -0.367 e. The van der Waals surface area contributed by atoms with Crippen LogP contribution in [0, 0.1) is 11.7 Å². The molecule has 1 N–H and O–H groups in total. The van der Waals surface area contributed by atoms with E-state index in [0.29, 0.717) is 38.1 Å². The third-order valence-corrected chi connectivity index (χ3v) is 7.79. The lowest BCUT2D eigenvalue weighted by molar-refractivity contribution is -0.135. The van der Waals surface area contributed by atoms with Crippen LogP contribution in [0.15, 0.2) is 41.9 Å². The normalized spacial score (nSPS) is 20.2. The van der Waals surface area contributed by atoms with Crippen molar-refractivity contribution in [1.82, 2.24) is 29.4 Å². The van der Waals surface area contributed by atoms with Crippen LogP contribution < -0.4 is 4.90 Å². The predicted octanol–water partition coefficient (Wildman–Crippen LogP) is 0.851. The second-order valence-corrected chi connectivity index (χ2v) is 9.80. The van der Waals surface area contributed by atoms with Crippen LogP contribution in [0.1, 0.15) is 6.42 Å². The first-order valence-electron chi connectivity index (χ1n) is 10.4. The second-order valence-electron chi connectivity index (χ2n) is 7.94. The summed E-state index contributed by atoms with van der Waals surface area (Å²) in [6, 6.07) is 6.47. The second kappa shape index (κ2) is 8.10. The Labute approximate surface area is 184 Å². The van der Waals surface area contributed by atoms with E-state index in [9.17, 15) is 17.6 Å². The number of amides is 1. The molecule has 1 atom stereocenters. The fourth-order valence-electron chi connectivity index (χ4n) is 4.40. The van der Waals surface area contributed by atoms with Crippen molar-refractivity contribution in [2.24, 2.45) is 5.92 Å². The molecule has 10 nitrogen and oxygen atoms in total. The van der Waals surface area contributed by atoms with E-state index < -0.39 is 10.0 Å². The number of sulfonamides is 1. The summed E-state index contributed by atoms with van der Waals surface area (Å²) in [5.41, 5.74) is 1.56. The quantitative estimate of drug-likeness (QED) is 0.615. The van der Waals surface area contributed by atoms with E-state index in [4.69, 9.17) is 0 Å². The van der Waals surface area contributed by atoms with E-state index in [1.807, 2.05) is 6.07 Å². The van der Waals surface area contributed by atoms with Crippen LogP contribution in [-0.2, 0) is 14.8 Å². The maximum Gasteiger partial charge on any atom is 0.278 e. The van der Waals surface area contributed by atoms with E-state index in [1.54, 1.807) is 17.2 Å². The summed E-state index contributed by atoms with van der Waals surface area (Å²) in [6.07, 6.45) is 3.29. The SMILES string of the molecule is O=C(C1CCN(S(=O)(=O)c2ncn[nH]2)C1)N1CCN(c2ccnc3cc(F)ccc23)CC1. The Morgan fingerprint density at radius 2 is 1.91 bits per heavy atom. The topological polar surface area (TPSA) is 115 Å². The molecule has 0 bridgehead atoms. The van der Waals surface area contributed by atoms with Gasteiger partial charge in [0.25, 0.3) is 15.2 Å². The van der Waals surface area contributed by atoms with Crippen molar-refractivity contribution in [3.05, 3.63) is 42.6 Å². The smallest absolute Gasteiger partial charge is 0.278 e. The molecule has 2 aromatic heterocycles. The van der Waals surface area contributed by atoms with Crippen molar-refractivity contribution in [3.63, 3.8) is 0 Å². The molecule has 168 valence electrons. The van der Waals surface area contributed by atoms with E-state index in [1.165, 1.54) is 16.4 Å². The van der Waals surface area contributed by atoms with Crippen molar-refractivity contribution >= 4 is 32.5 Å². The van der Waals surface area contributed by atoms with Gasteiger partial charge in [-0.15, -0.1) is 0 Å². The average molecular weight is 460 g/mol. The minimum absolute atomic E-state index is 0.0263. The number of benzene rings is 1. The molecule has 1 aromatic carbocycles. The molecule has 32 heavy (non-hydrogen) atoms. The molecule has 4 heterocycles. The maximum atomic E-state index is 13.5. The highest BCUT2D eigenvalue weighted by Crippen LogP contribution is 2.28. The van der Waals surface area contributed by atoms with Gasteiger partial charge in [0.1, 0.15) is 12.1 Å². The first kappa shape index (κ1) is 20.8. The lowest BCUT2D eigenvalue weighted by Crippen LogP contribution is -2.50. The summed E-state index contributed by atoms with van der Waals surface area (Å²) in [5, 5.41) is 6.65. The fraction of sp³-hybridized carbons (Fsp3) is 0.400. The van der Waals surface area contributed by atoms with Crippen molar-refractivity contribution in [3.8, 4) is 0 Å². The van der Waals surface area contributed by atoms with Gasteiger partial charge in [-0.2, -0.15) is 9.40 Å². The summed E-state index contributed by atoms with van der Waals surface area (Å²) in [4.78, 5) is 25.0. The number of hydrogen-bond donors (Lipinski definition) is 1. The monoisotopic (exact) mass is 459 g/mol. The van der Waals surface area contributed by atoms with Crippen molar-refractivity contribution in [1.29, 1.82) is 0 Å². The molecule has 2 saturated heterocycles. The molecular weight excluding hydrogens is 437 g/mol. The number of pyridine rings is 1. The van der Waals surface area contributed by atoms with Crippen molar-refractivity contribution in [2.45, 2.75) is 11.6 Å². The molecule has 0 radical (unpaired) electrons. The van der Waals surface area contributed by atoms with Gasteiger partial charge in [0.15, 0.2) is 0 Å². The van der Waals surface area contributed by atoms with Gasteiger partial charge < -0.3 is 9.80 Å². The van der Waals surface area contributed by atoms with Gasteiger partial charge in [-0.25, -0.2) is 22.9 Å². The molecule has 1 amide bonds. The largest absolute Gasteiger partial charge is 0.367 e. The van der Waals surface area contributed by atoms with Crippen LogP contribution in [0.4, 0.5) is 10.1 Å². The van der Waals surface area contributed by atoms with Gasteiger partial charge in [0.05, 0.1) is 11.4 Å². The number of halogens is 1. The first-order chi connectivity index (χ1) is 15.4. The number of aromatic nitrogens is 4. The number of rotatable bonds is 4. The Balaban J connectivity index is 1.23. The summed E-state index contributed by atoms with van der Waals surface area (Å²) >= 11 is 0. The lowest BCUT2D eigenvalue weighted by Gasteiger charge is -2.37. The zero-order valence-electron chi connectivity index (χ0n) is 17.2. The molecule has 0 aliphatic carbocycles. The highest BCUT2D eigenvalue weighted by atomic mass is 32.2. The molecular formula is C20H22FN7O3S. The highest BCUT2D eigenvalue weighted by molar-refractivity contribution is 7.89. The number of fused-ring (bicyclic) bond motifs is 1. The van der Waals surface area contributed by atoms with Crippen LogP contribution in [0.2, 0.25) is 0 Å². The van der Waals surface area contributed by atoms with E-state index >= 15 is 0 Å². The number of aromatic amines is 1. The molecule has 2 aliphatic rings. The van der Waals surface area contributed by atoms with E-state index in [0.717, 1.165) is 17.4 Å². The van der Waals surface area contributed by atoms with Crippen LogP contribution in [0.3, 0.4) is 0 Å². The van der Waals surface area contributed by atoms with Crippen molar-refractivity contribution < 1.29 is 17.6 Å². The zero-order valence-corrected chi connectivity index (χ0v) is 18.0. The lowest BCUT2D eigenvalue weighted by atomic mass is 10.1. The Bertz CT molecular complexity index is 1240. The van der Waals surface area contributed by atoms with Crippen LogP contribution >= 0.6 is 0 Å². The molecule has 3 aromatic rings. The number of carbonyl (C=O) groups is 1. The number of nitrogens with zero attached hydrogens (tertiary/aromatic N) is 6. The number of H-pyrrole nitrogens is 1. The first-order valence-corrected chi connectivity index (χ1v) is 11.8. The summed E-state index contributed by atoms with van der Waals surface area (Å²) in [5.74, 6) is -0.723. The molecule has 12 heteroatoms. The van der Waals surface area contributed by atoms with Gasteiger partial charge >= 0.3 is 0 Å². The molecule has 1 unspecified atom stereocenters. The summed E-state index contributed by atoms with van der Waals surface area (Å²) in [7, 11) is -3.77. The van der Waals surface area contributed by atoms with Crippen molar-refractivity contribution in [2.75, 3.05) is 44.2 Å². The minimum atomic E-state index is -3.77. The molecule has 0 spiro atoms. The van der Waals surface area contributed by atoms with E-state index in [2.05, 4.69) is 25.1 Å². The van der Waals surface area contributed by atoms with Crippen LogP contribution in [-0.4, -0.2) is 83.0 Å². The standard InChI is InChI=1S/C20H22FN7O3S/c21-15-1-2-16-17(11-15)22-5-3-18(16)26-7-9-27(10-8-26)19(29)14-4-6-28(12-14)32(30,31)20-23-13-24-25-20/h1-3,5,11,13-14H,4,6-10,12H2,(H,23,24,25). The number of hydrogen-bond acceptors (Lipinski definition) is 7. The Morgan fingerprint density at radius 1 is 1.09 bits per heavy atom. The zero-order chi connectivity index (χ0) is 22.3. The third kappa shape index (κ3) is 3.69. The Kier molecular flexibility index (Phi) is 5.25. The molecule has 5 rings (SSSR count). The van der Waals surface area contributed by atoms with Gasteiger partial charge in [-0.05, 0) is 24.6 Å². The fourth-order valence-corrected chi connectivity index (χ4v) is 5.71. The van der Waals surface area contributed by atoms with Crippen LogP contribution in [0.5, 0.6) is 0 Å². The van der Waals surface area contributed by atoms with Gasteiger partial charge in [-0.1, -0.05) is 0 Å². The molecule has 0 saturated carbocycles. The summed E-state index contributed by atoms with van der Waals surface area (Å²) < 4.78 is 40.0. The Hall–Kier alpha value is -3.12. The van der Waals surface area contributed by atoms with Gasteiger partial charge in [0, 0.05) is 62.6 Å². The van der Waals surface area contributed by atoms with Gasteiger partial charge in [-0.3, -0.25) is 9.78 Å². The predicted molar refractivity (Wildman–Crippen MR) is 114 cm³/mol. The average Bonchev–Trinajstić information content (AvgIpc) is 3.51. The molecule has 2 fully saturated rings. The summed E-state index contributed by atoms with van der Waals surface area (Å²) in [6.45, 7) is 2.76. The van der Waals surface area contributed by atoms with E-state index in [-0.39, 0.29) is 35.9 Å². The Morgan fingerprint density at radius 3 is 2.66 bits per heavy atom. The third-order valence-electron chi connectivity index (χ3n) is 6.09. The molecule has 2 aliphatic heterocycles. The number of piperazine rings is 1. The number of anilines is 1.